The first-order valence-corrected chi connectivity index (χ1v) is 12.6. The summed E-state index contributed by atoms with van der Waals surface area (Å²) in [6.45, 7) is 0.0179. The number of benzene rings is 1. The van der Waals surface area contributed by atoms with Crippen molar-refractivity contribution < 1.29 is 93.3 Å². The molecule has 272 valence electrons. The van der Waals surface area contributed by atoms with Crippen LogP contribution in [0.4, 0.5) is 84.7 Å². The third-order valence-electron chi connectivity index (χ3n) is 6.16. The maximum Gasteiger partial charge on any atom is 0.460 e. The molecule has 0 saturated carbocycles. The molecule has 0 amide bonds. The lowest BCUT2D eigenvalue weighted by Gasteiger charge is -2.33. The molecular formula is C24H21F18NO4. The number of hydrogen-bond donors (Lipinski definition) is 0. The van der Waals surface area contributed by atoms with E-state index in [4.69, 9.17) is 9.47 Å². The van der Waals surface area contributed by atoms with E-state index in [1.165, 1.54) is 13.8 Å². The number of nitrogens with zero attached hydrogens (tertiary/aromatic N) is 1. The van der Waals surface area contributed by atoms with Crippen LogP contribution >= 0.6 is 0 Å². The van der Waals surface area contributed by atoms with E-state index >= 15 is 0 Å². The standard InChI is InChI=1S/C24H21F18NO4/c1-11(2)16(44)12-9-14(46-7-3-5-17(25,26)19(29,30)21(33,34)23(37,38)39)15(10-13(12)43-45)47-8-4-6-18(27,28)20(31,32)22(35,36)24(40,41)42/h9-11H,3-8H2,1-2H3. The molecule has 0 aliphatic rings. The van der Waals surface area contributed by atoms with Crippen LogP contribution in [0.15, 0.2) is 17.3 Å². The minimum Gasteiger partial charge on any atom is -0.490 e. The molecule has 1 rings (SSSR count). The number of halogens is 18. The number of ketones is 1. The van der Waals surface area contributed by atoms with E-state index in [0.29, 0.717) is 12.1 Å². The Hall–Kier alpha value is -3.17. The number of rotatable bonds is 17. The van der Waals surface area contributed by atoms with Gasteiger partial charge < -0.3 is 9.47 Å². The first kappa shape index (κ1) is 41.9. The SMILES string of the molecule is CC(C)C(=O)c1cc(OCCCC(F)(F)C(F)(F)C(F)(F)C(F)(F)F)c(OCCCC(F)(F)C(F)(F)C(F)(F)C(F)(F)F)cc1N=O. The number of nitroso groups, excluding NO2 is 1. The van der Waals surface area contributed by atoms with Gasteiger partial charge in [-0.2, -0.15) is 79.0 Å². The highest BCUT2D eigenvalue weighted by Crippen LogP contribution is 2.55. The molecule has 0 spiro atoms. The van der Waals surface area contributed by atoms with Gasteiger partial charge in [-0.25, -0.2) is 0 Å². The molecule has 0 aliphatic carbocycles. The van der Waals surface area contributed by atoms with E-state index in [1.807, 2.05) is 0 Å². The molecule has 0 unspecified atom stereocenters. The van der Waals surface area contributed by atoms with Gasteiger partial charge >= 0.3 is 47.9 Å². The number of carbonyl (C=O) groups is 1. The van der Waals surface area contributed by atoms with Crippen molar-refractivity contribution >= 4 is 11.5 Å². The van der Waals surface area contributed by atoms with E-state index in [2.05, 4.69) is 5.18 Å². The Morgan fingerprint density at radius 3 is 1.26 bits per heavy atom. The van der Waals surface area contributed by atoms with E-state index in [0.717, 1.165) is 0 Å². The van der Waals surface area contributed by atoms with Gasteiger partial charge in [0.1, 0.15) is 5.69 Å². The summed E-state index contributed by atoms with van der Waals surface area (Å²) < 4.78 is 244. The fourth-order valence-electron chi connectivity index (χ4n) is 3.44. The van der Waals surface area contributed by atoms with E-state index < -0.39 is 121 Å². The third kappa shape index (κ3) is 8.29. The van der Waals surface area contributed by atoms with Crippen molar-refractivity contribution in [3.8, 4) is 11.5 Å². The van der Waals surface area contributed by atoms with Crippen molar-refractivity contribution in [1.29, 1.82) is 0 Å². The second kappa shape index (κ2) is 13.7. The van der Waals surface area contributed by atoms with Crippen LogP contribution in [-0.4, -0.2) is 66.9 Å². The lowest BCUT2D eigenvalue weighted by Crippen LogP contribution is -2.60. The maximum atomic E-state index is 13.8. The number of hydrogen-bond acceptors (Lipinski definition) is 5. The molecule has 0 aromatic heterocycles. The molecule has 5 nitrogen and oxygen atoms in total. The van der Waals surface area contributed by atoms with Crippen molar-refractivity contribution in [2.75, 3.05) is 13.2 Å². The summed E-state index contributed by atoms with van der Waals surface area (Å²) in [5.74, 6) is -43.8. The van der Waals surface area contributed by atoms with Gasteiger partial charge in [0.2, 0.25) is 0 Å². The highest BCUT2D eigenvalue weighted by molar-refractivity contribution is 6.02. The summed E-state index contributed by atoms with van der Waals surface area (Å²) in [6.07, 6.45) is -21.8. The largest absolute Gasteiger partial charge is 0.490 e. The number of carbonyl (C=O) groups excluding carboxylic acids is 1. The monoisotopic (exact) mass is 729 g/mol. The molecule has 23 heteroatoms. The van der Waals surface area contributed by atoms with Crippen molar-refractivity contribution in [2.24, 2.45) is 11.1 Å². The third-order valence-corrected chi connectivity index (χ3v) is 6.16. The normalized spacial score (nSPS) is 14.4. The van der Waals surface area contributed by atoms with Crippen LogP contribution in [-0.2, 0) is 0 Å². The smallest absolute Gasteiger partial charge is 0.460 e. The molecule has 0 N–H and O–H groups in total. The number of alkyl halides is 18. The average Bonchev–Trinajstić information content (AvgIpc) is 2.91. The Labute approximate surface area is 251 Å². The average molecular weight is 729 g/mol. The second-order valence-electron chi connectivity index (χ2n) is 10.0. The molecule has 0 radical (unpaired) electrons. The van der Waals surface area contributed by atoms with Gasteiger partial charge in [0.05, 0.1) is 18.8 Å². The van der Waals surface area contributed by atoms with Crippen LogP contribution in [0.1, 0.15) is 49.9 Å². The van der Waals surface area contributed by atoms with Gasteiger partial charge in [0.25, 0.3) is 0 Å². The van der Waals surface area contributed by atoms with Crippen molar-refractivity contribution in [3.63, 3.8) is 0 Å². The minimum absolute atomic E-state index is 0.495. The van der Waals surface area contributed by atoms with Crippen LogP contribution in [0.3, 0.4) is 0 Å². The first-order chi connectivity index (χ1) is 20.8. The summed E-state index contributed by atoms with van der Waals surface area (Å²) in [5.41, 5.74) is -1.41. The maximum absolute atomic E-state index is 13.8. The Kier molecular flexibility index (Phi) is 12.2. The quantitative estimate of drug-likeness (QED) is 0.0693. The second-order valence-corrected chi connectivity index (χ2v) is 10.0. The highest BCUT2D eigenvalue weighted by atomic mass is 19.4. The molecule has 1 aromatic rings. The lowest BCUT2D eigenvalue weighted by atomic mass is 9.99. The highest BCUT2D eigenvalue weighted by Gasteiger charge is 2.82. The van der Waals surface area contributed by atoms with E-state index in [1.54, 1.807) is 0 Å². The minimum atomic E-state index is -7.18. The zero-order valence-corrected chi connectivity index (χ0v) is 23.4. The Bertz CT molecular complexity index is 1260. The molecule has 0 saturated heterocycles. The summed E-state index contributed by atoms with van der Waals surface area (Å²) in [5, 5.41) is 2.46. The van der Waals surface area contributed by atoms with Gasteiger partial charge in [0.15, 0.2) is 17.3 Å². The van der Waals surface area contributed by atoms with Crippen LogP contribution in [0.5, 0.6) is 11.5 Å². The van der Waals surface area contributed by atoms with Crippen LogP contribution in [0.25, 0.3) is 0 Å². The van der Waals surface area contributed by atoms with Crippen molar-refractivity contribution in [1.82, 2.24) is 0 Å². The molecule has 47 heavy (non-hydrogen) atoms. The van der Waals surface area contributed by atoms with Gasteiger partial charge in [0, 0.05) is 24.8 Å². The molecule has 0 heterocycles. The van der Waals surface area contributed by atoms with Crippen LogP contribution < -0.4 is 9.47 Å². The fourth-order valence-corrected chi connectivity index (χ4v) is 3.44. The van der Waals surface area contributed by atoms with Gasteiger partial charge in [-0.3, -0.25) is 4.79 Å². The Morgan fingerprint density at radius 2 is 0.957 bits per heavy atom. The van der Waals surface area contributed by atoms with Crippen LogP contribution in [0.2, 0.25) is 0 Å². The summed E-state index contributed by atoms with van der Waals surface area (Å²) in [7, 11) is 0. The summed E-state index contributed by atoms with van der Waals surface area (Å²) in [4.78, 5) is 23.7. The predicted octanol–water partition coefficient (Wildman–Crippen LogP) is 10.2. The molecule has 0 fully saturated rings. The topological polar surface area (TPSA) is 65.0 Å². The zero-order chi connectivity index (χ0) is 37.2. The molecule has 1 aromatic carbocycles. The van der Waals surface area contributed by atoms with Crippen molar-refractivity contribution in [3.05, 3.63) is 22.6 Å². The zero-order valence-electron chi connectivity index (χ0n) is 23.4. The predicted molar refractivity (Wildman–Crippen MR) is 122 cm³/mol. The van der Waals surface area contributed by atoms with Crippen molar-refractivity contribution in [2.45, 2.75) is 87.4 Å². The molecular weight excluding hydrogens is 708 g/mol. The molecule has 0 aliphatic heterocycles. The van der Waals surface area contributed by atoms with E-state index in [9.17, 15) is 88.7 Å². The number of Topliss-reactive ketones (excluding diaryl/α,β-unsaturated/α-hetero) is 1. The first-order valence-electron chi connectivity index (χ1n) is 12.6. The lowest BCUT2D eigenvalue weighted by molar-refractivity contribution is -0.396. The summed E-state index contributed by atoms with van der Waals surface area (Å²) >= 11 is 0. The van der Waals surface area contributed by atoms with E-state index in [-0.39, 0.29) is 0 Å². The van der Waals surface area contributed by atoms with Crippen LogP contribution in [0, 0.1) is 10.8 Å². The Morgan fingerprint density at radius 1 is 0.617 bits per heavy atom. The number of ether oxygens (including phenoxy) is 2. The molecule has 0 atom stereocenters. The van der Waals surface area contributed by atoms with Gasteiger partial charge in [-0.1, -0.05) is 13.8 Å². The fraction of sp³-hybridized carbons (Fsp3) is 0.708. The molecule has 0 bridgehead atoms. The summed E-state index contributed by atoms with van der Waals surface area (Å²) in [6, 6.07) is 1.07. The van der Waals surface area contributed by atoms with Gasteiger partial charge in [-0.05, 0) is 24.1 Å². The Balaban J connectivity index is 3.23. The van der Waals surface area contributed by atoms with Gasteiger partial charge in [-0.15, -0.1) is 4.91 Å².